The van der Waals surface area contributed by atoms with Crippen LogP contribution in [0.3, 0.4) is 0 Å². The summed E-state index contributed by atoms with van der Waals surface area (Å²) < 4.78 is 39.4. The average molecular weight is 548 g/mol. The Morgan fingerprint density at radius 3 is 1.97 bits per heavy atom. The maximum atomic E-state index is 13.9. The summed E-state index contributed by atoms with van der Waals surface area (Å²) in [7, 11) is 0. The zero-order chi connectivity index (χ0) is 29.6. The summed E-state index contributed by atoms with van der Waals surface area (Å²) in [6.45, 7) is 14.6. The summed E-state index contributed by atoms with van der Waals surface area (Å²) in [6, 6.07) is -5.06. The van der Waals surface area contributed by atoms with Crippen LogP contribution in [-0.2, 0) is 19.2 Å². The first-order valence-corrected chi connectivity index (χ1v) is 12.5. The summed E-state index contributed by atoms with van der Waals surface area (Å²) in [5.74, 6) is -5.22. The SMILES string of the molecule is CC(C)(C)NC(=O)N[C@H](C(=O)N1C[C@H]2[C@H](CC2(C)C)[C@H]1C(=O)NC(CC(F)(F)F)C(=O)C(N)=O)C(C)(C)C. The highest BCUT2D eigenvalue weighted by Crippen LogP contribution is 2.57. The number of fused-ring (bicyclic) bond motifs is 1. The van der Waals surface area contributed by atoms with Crippen LogP contribution in [0.4, 0.5) is 18.0 Å². The minimum absolute atomic E-state index is 0.126. The van der Waals surface area contributed by atoms with Crippen LogP contribution < -0.4 is 21.7 Å². The van der Waals surface area contributed by atoms with Crippen molar-refractivity contribution in [1.29, 1.82) is 0 Å². The summed E-state index contributed by atoms with van der Waals surface area (Å²) in [5.41, 5.74) is 3.31. The third-order valence-corrected chi connectivity index (χ3v) is 7.16. The van der Waals surface area contributed by atoms with Crippen molar-refractivity contribution in [2.45, 2.75) is 98.1 Å². The van der Waals surface area contributed by atoms with Crippen LogP contribution in [0.2, 0.25) is 0 Å². The number of primary amides is 1. The van der Waals surface area contributed by atoms with Crippen molar-refractivity contribution >= 4 is 29.5 Å². The van der Waals surface area contributed by atoms with Crippen molar-refractivity contribution in [2.75, 3.05) is 6.54 Å². The molecule has 0 aromatic rings. The van der Waals surface area contributed by atoms with Crippen molar-refractivity contribution in [3.05, 3.63) is 0 Å². The van der Waals surface area contributed by atoms with Crippen LogP contribution in [0.25, 0.3) is 0 Å². The number of carbonyl (C=O) groups excluding carboxylic acids is 5. The number of ketones is 1. The highest BCUT2D eigenvalue weighted by Gasteiger charge is 2.61. The van der Waals surface area contributed by atoms with Gasteiger partial charge in [0.1, 0.15) is 18.1 Å². The normalized spacial score (nSPS) is 24.4. The highest BCUT2D eigenvalue weighted by molar-refractivity contribution is 6.37. The van der Waals surface area contributed by atoms with Crippen molar-refractivity contribution < 1.29 is 37.1 Å². The Kier molecular flexibility index (Phi) is 8.55. The number of carbonyl (C=O) groups is 5. The van der Waals surface area contributed by atoms with Gasteiger partial charge in [0.2, 0.25) is 17.6 Å². The lowest BCUT2D eigenvalue weighted by Crippen LogP contribution is -2.62. The van der Waals surface area contributed by atoms with Gasteiger partial charge in [-0.05, 0) is 49.9 Å². The van der Waals surface area contributed by atoms with Crippen LogP contribution in [0.1, 0.15) is 68.2 Å². The van der Waals surface area contributed by atoms with Gasteiger partial charge in [-0.15, -0.1) is 0 Å². The number of Topliss-reactive ketones (excluding diaryl/α,β-unsaturated/α-hetero) is 1. The standard InChI is InChI=1S/C25H40F3N5O5/c1-22(2,3)17(31-21(38)32-23(4,5)6)20(37)33-11-13-12(9-24(13,7)8)15(33)19(36)30-14(10-25(26,27)28)16(34)18(29)35/h12-15,17H,9-11H2,1-8H3,(H2,29,35)(H,30,36)(H2,31,32,38)/t12-,13-,14?,15-,17+/m0/s1. The maximum absolute atomic E-state index is 13.9. The van der Waals surface area contributed by atoms with Crippen LogP contribution in [-0.4, -0.2) is 70.8 Å². The summed E-state index contributed by atoms with van der Waals surface area (Å²) in [6.07, 6.45) is -6.12. The Morgan fingerprint density at radius 2 is 1.55 bits per heavy atom. The predicted molar refractivity (Wildman–Crippen MR) is 132 cm³/mol. The van der Waals surface area contributed by atoms with E-state index in [1.54, 1.807) is 41.5 Å². The van der Waals surface area contributed by atoms with Gasteiger partial charge in [-0.1, -0.05) is 34.6 Å². The molecule has 5 amide bonds. The first-order valence-electron chi connectivity index (χ1n) is 12.5. The van der Waals surface area contributed by atoms with E-state index in [-0.39, 0.29) is 23.8 Å². The number of amides is 5. The molecule has 0 aromatic carbocycles. The van der Waals surface area contributed by atoms with E-state index in [0.717, 1.165) is 0 Å². The largest absolute Gasteiger partial charge is 0.391 e. The fourth-order valence-corrected chi connectivity index (χ4v) is 5.35. The number of hydrogen-bond acceptors (Lipinski definition) is 5. The summed E-state index contributed by atoms with van der Waals surface area (Å²) >= 11 is 0. The lowest BCUT2D eigenvalue weighted by Gasteiger charge is -2.48. The fourth-order valence-electron chi connectivity index (χ4n) is 5.35. The Balaban J connectivity index is 2.40. The van der Waals surface area contributed by atoms with Crippen molar-refractivity contribution in [3.8, 4) is 0 Å². The number of nitrogens with two attached hydrogens (primary N) is 1. The number of urea groups is 1. The number of nitrogens with zero attached hydrogens (tertiary/aromatic N) is 1. The smallest absolute Gasteiger partial charge is 0.363 e. The monoisotopic (exact) mass is 547 g/mol. The second-order valence-corrected chi connectivity index (χ2v) is 13.2. The number of halogens is 3. The fraction of sp³-hybridized carbons (Fsp3) is 0.800. The van der Waals surface area contributed by atoms with Crippen molar-refractivity contribution in [1.82, 2.24) is 20.9 Å². The molecule has 38 heavy (non-hydrogen) atoms. The molecule has 13 heteroatoms. The number of likely N-dealkylation sites (tertiary alicyclic amines) is 1. The van der Waals surface area contributed by atoms with Gasteiger partial charge < -0.3 is 26.6 Å². The van der Waals surface area contributed by atoms with E-state index in [0.29, 0.717) is 6.42 Å². The van der Waals surface area contributed by atoms with Gasteiger partial charge >= 0.3 is 12.2 Å². The van der Waals surface area contributed by atoms with E-state index in [1.807, 2.05) is 19.2 Å². The molecule has 1 saturated carbocycles. The molecule has 2 fully saturated rings. The van der Waals surface area contributed by atoms with Crippen LogP contribution in [0.15, 0.2) is 0 Å². The van der Waals surface area contributed by atoms with Crippen LogP contribution >= 0.6 is 0 Å². The number of rotatable bonds is 7. The second-order valence-electron chi connectivity index (χ2n) is 13.2. The topological polar surface area (TPSA) is 151 Å². The quantitative estimate of drug-likeness (QED) is 0.359. The molecular formula is C25H40F3N5O5. The molecule has 5 atom stereocenters. The first-order chi connectivity index (χ1) is 16.9. The van der Waals surface area contributed by atoms with Gasteiger partial charge in [0.25, 0.3) is 5.91 Å². The number of nitrogens with one attached hydrogen (secondary N) is 3. The number of alkyl halides is 3. The molecule has 2 aliphatic rings. The van der Waals surface area contributed by atoms with E-state index in [9.17, 15) is 37.1 Å². The van der Waals surface area contributed by atoms with Crippen LogP contribution in [0, 0.1) is 22.7 Å². The van der Waals surface area contributed by atoms with E-state index in [4.69, 9.17) is 5.73 Å². The molecule has 2 rings (SSSR count). The molecule has 1 unspecified atom stereocenters. The van der Waals surface area contributed by atoms with Gasteiger partial charge in [-0.2, -0.15) is 13.2 Å². The Labute approximate surface area is 221 Å². The molecule has 1 saturated heterocycles. The average Bonchev–Trinajstić information content (AvgIpc) is 3.02. The molecule has 0 radical (unpaired) electrons. The van der Waals surface area contributed by atoms with Gasteiger partial charge in [-0.3, -0.25) is 19.2 Å². The third kappa shape index (κ3) is 7.37. The van der Waals surface area contributed by atoms with E-state index in [1.165, 1.54) is 4.90 Å². The van der Waals surface area contributed by atoms with Crippen molar-refractivity contribution in [2.24, 2.45) is 28.4 Å². The highest BCUT2D eigenvalue weighted by atomic mass is 19.4. The minimum Gasteiger partial charge on any atom is -0.363 e. The molecule has 216 valence electrons. The third-order valence-electron chi connectivity index (χ3n) is 7.16. The van der Waals surface area contributed by atoms with E-state index >= 15 is 0 Å². The van der Waals surface area contributed by atoms with Gasteiger partial charge in [0, 0.05) is 12.1 Å². The molecule has 10 nitrogen and oxygen atoms in total. The first kappa shape index (κ1) is 31.4. The summed E-state index contributed by atoms with van der Waals surface area (Å²) in [5, 5.41) is 7.46. The number of hydrogen-bond donors (Lipinski definition) is 4. The molecule has 0 aromatic heterocycles. The zero-order valence-corrected chi connectivity index (χ0v) is 23.2. The lowest BCUT2D eigenvalue weighted by atomic mass is 9.55. The van der Waals surface area contributed by atoms with Crippen LogP contribution in [0.5, 0.6) is 0 Å². The molecule has 0 bridgehead atoms. The molecule has 5 N–H and O–H groups in total. The zero-order valence-electron chi connectivity index (χ0n) is 23.2. The second kappa shape index (κ2) is 10.4. The Bertz CT molecular complexity index is 983. The maximum Gasteiger partial charge on any atom is 0.391 e. The summed E-state index contributed by atoms with van der Waals surface area (Å²) in [4.78, 5) is 64.7. The molecule has 1 heterocycles. The minimum atomic E-state index is -4.86. The predicted octanol–water partition coefficient (Wildman–Crippen LogP) is 1.86. The van der Waals surface area contributed by atoms with Crippen molar-refractivity contribution in [3.63, 3.8) is 0 Å². The van der Waals surface area contributed by atoms with E-state index in [2.05, 4.69) is 10.6 Å². The van der Waals surface area contributed by atoms with Gasteiger partial charge in [0.15, 0.2) is 0 Å². The van der Waals surface area contributed by atoms with E-state index < -0.39 is 71.2 Å². The molecular weight excluding hydrogens is 507 g/mol. The Morgan fingerprint density at radius 1 is 1.00 bits per heavy atom. The Hall–Kier alpha value is -2.86. The molecule has 0 spiro atoms. The lowest BCUT2D eigenvalue weighted by molar-refractivity contribution is -0.155. The molecule has 1 aliphatic carbocycles. The van der Waals surface area contributed by atoms with Gasteiger partial charge in [0.05, 0.1) is 6.42 Å². The molecule has 1 aliphatic heterocycles. The van der Waals surface area contributed by atoms with Gasteiger partial charge in [-0.25, -0.2) is 4.79 Å².